The first-order valence-electron chi connectivity index (χ1n) is 13.5. The molecule has 1 aliphatic heterocycles. The van der Waals surface area contributed by atoms with Crippen LogP contribution in [0.25, 0.3) is 5.69 Å². The topological polar surface area (TPSA) is 121 Å². The second-order valence-corrected chi connectivity index (χ2v) is 14.8. The Hall–Kier alpha value is -3.52. The number of benzene rings is 3. The molecule has 0 saturated carbocycles. The van der Waals surface area contributed by atoms with Crippen molar-refractivity contribution in [3.63, 3.8) is 0 Å². The summed E-state index contributed by atoms with van der Waals surface area (Å²) in [6.07, 6.45) is 1.44. The first-order valence-corrected chi connectivity index (χ1v) is 17.1. The molecule has 1 N–H and O–H groups in total. The average Bonchev–Trinajstić information content (AvgIpc) is 3.29. The number of carbonyl (C=O) groups excluding carboxylic acids is 1. The van der Waals surface area contributed by atoms with Crippen LogP contribution >= 0.6 is 23.2 Å². The number of halogens is 2. The van der Waals surface area contributed by atoms with Gasteiger partial charge in [-0.25, -0.2) is 22.3 Å². The molecule has 5 rings (SSSR count). The number of nitrogens with zero attached hydrogens (tertiary/aromatic N) is 4. The summed E-state index contributed by atoms with van der Waals surface area (Å²) in [6.45, 7) is 3.01. The van der Waals surface area contributed by atoms with Crippen LogP contribution in [0.1, 0.15) is 17.0 Å². The monoisotopic (exact) mass is 673 g/mol. The zero-order valence-electron chi connectivity index (χ0n) is 23.8. The third kappa shape index (κ3) is 6.46. The molecule has 3 aromatic carbocycles. The Morgan fingerprint density at radius 2 is 1.41 bits per heavy atom. The predicted molar refractivity (Wildman–Crippen MR) is 170 cm³/mol. The lowest BCUT2D eigenvalue weighted by atomic mass is 10.2. The number of hydrazone groups is 1. The Balaban J connectivity index is 1.42. The molecule has 4 aromatic rings. The molecule has 0 aliphatic carbocycles. The summed E-state index contributed by atoms with van der Waals surface area (Å²) < 4.78 is 58.1. The van der Waals surface area contributed by atoms with Gasteiger partial charge in [0.2, 0.25) is 20.0 Å². The largest absolute Gasteiger partial charge is 0.318 e. The molecule has 1 amide bonds. The second-order valence-electron chi connectivity index (χ2n) is 10.1. The van der Waals surface area contributed by atoms with E-state index in [1.807, 2.05) is 24.5 Å². The summed E-state index contributed by atoms with van der Waals surface area (Å²) in [6, 6.07) is 21.2. The normalized spacial score (nSPS) is 16.8. The van der Waals surface area contributed by atoms with Crippen molar-refractivity contribution in [1.82, 2.24) is 18.6 Å². The summed E-state index contributed by atoms with van der Waals surface area (Å²) >= 11 is 12.4. The van der Waals surface area contributed by atoms with E-state index in [1.54, 1.807) is 54.6 Å². The van der Waals surface area contributed by atoms with Crippen molar-refractivity contribution >= 4 is 55.4 Å². The Bertz CT molecular complexity index is 1910. The van der Waals surface area contributed by atoms with Gasteiger partial charge in [-0.05, 0) is 62.4 Å². The highest BCUT2D eigenvalue weighted by atomic mass is 35.5. The van der Waals surface area contributed by atoms with Gasteiger partial charge in [-0.15, -0.1) is 0 Å². The van der Waals surface area contributed by atoms with E-state index in [0.717, 1.165) is 25.7 Å². The predicted octanol–water partition coefficient (Wildman–Crippen LogP) is 4.62. The van der Waals surface area contributed by atoms with Crippen LogP contribution in [0.15, 0.2) is 99.8 Å². The fourth-order valence-electron chi connectivity index (χ4n) is 5.15. The lowest BCUT2D eigenvalue weighted by molar-refractivity contribution is -0.125. The second kappa shape index (κ2) is 12.8. The van der Waals surface area contributed by atoms with Gasteiger partial charge in [0, 0.05) is 52.3 Å². The van der Waals surface area contributed by atoms with Crippen LogP contribution in [0.4, 0.5) is 0 Å². The van der Waals surface area contributed by atoms with Crippen LogP contribution in [-0.2, 0) is 24.8 Å². The van der Waals surface area contributed by atoms with Crippen molar-refractivity contribution in [2.24, 2.45) is 5.10 Å². The lowest BCUT2D eigenvalue weighted by Gasteiger charge is -2.38. The number of piperazine rings is 1. The molecule has 1 fully saturated rings. The maximum atomic E-state index is 13.6. The fourth-order valence-corrected chi connectivity index (χ4v) is 8.72. The highest BCUT2D eigenvalue weighted by molar-refractivity contribution is 7.89. The minimum atomic E-state index is -4.14. The summed E-state index contributed by atoms with van der Waals surface area (Å²) in [4.78, 5) is 13.6. The Labute approximate surface area is 266 Å². The number of hydrogen-bond acceptors (Lipinski definition) is 6. The van der Waals surface area contributed by atoms with E-state index in [9.17, 15) is 21.6 Å². The van der Waals surface area contributed by atoms with Crippen molar-refractivity contribution in [1.29, 1.82) is 0 Å². The quantitative estimate of drug-likeness (QED) is 0.216. The van der Waals surface area contributed by atoms with Gasteiger partial charge in [0.05, 0.1) is 16.0 Å². The van der Waals surface area contributed by atoms with Crippen LogP contribution in [-0.4, -0.2) is 67.8 Å². The zero-order chi connectivity index (χ0) is 31.6. The average molecular weight is 675 g/mol. The van der Waals surface area contributed by atoms with Crippen molar-refractivity contribution in [3.05, 3.63) is 112 Å². The lowest BCUT2D eigenvalue weighted by Crippen LogP contribution is -2.60. The van der Waals surface area contributed by atoms with Crippen molar-refractivity contribution in [2.75, 3.05) is 19.6 Å². The number of nitrogens with one attached hydrogen (secondary N) is 1. The van der Waals surface area contributed by atoms with Gasteiger partial charge in [0.1, 0.15) is 6.04 Å². The van der Waals surface area contributed by atoms with E-state index in [0.29, 0.717) is 15.6 Å². The molecule has 0 bridgehead atoms. The molecule has 2 heterocycles. The molecule has 14 heteroatoms. The standard InChI is InChI=1S/C30H29Cl2N5O5S2/c1-21-15-23(22(2)37(21)26-17-24(31)16-25(32)18-26)19-33-34-30(38)29-20-35(43(39,40)27-9-5-3-6-10-27)13-14-36(29)44(41,42)28-11-7-4-8-12-28/h3-12,15-19,29H,13-14,20H2,1-2H3,(H,34,38)/b33-19-/t29-/m1/s1. The van der Waals surface area contributed by atoms with Gasteiger partial charge in [-0.1, -0.05) is 59.6 Å². The number of amides is 1. The summed E-state index contributed by atoms with van der Waals surface area (Å²) in [7, 11) is -8.13. The Kier molecular flexibility index (Phi) is 9.30. The van der Waals surface area contributed by atoms with Crippen LogP contribution in [0.3, 0.4) is 0 Å². The van der Waals surface area contributed by atoms with Crippen LogP contribution in [0, 0.1) is 13.8 Å². The maximum absolute atomic E-state index is 13.6. The third-order valence-corrected chi connectivity index (χ3v) is 11.5. The molecule has 230 valence electrons. The maximum Gasteiger partial charge on any atom is 0.259 e. The van der Waals surface area contributed by atoms with Gasteiger partial charge >= 0.3 is 0 Å². The van der Waals surface area contributed by atoms with E-state index >= 15 is 0 Å². The molecule has 0 spiro atoms. The van der Waals surface area contributed by atoms with Crippen LogP contribution in [0.5, 0.6) is 0 Å². The van der Waals surface area contributed by atoms with Crippen molar-refractivity contribution in [3.8, 4) is 5.69 Å². The van der Waals surface area contributed by atoms with Crippen LogP contribution < -0.4 is 5.43 Å². The highest BCUT2D eigenvalue weighted by Crippen LogP contribution is 2.27. The number of carbonyl (C=O) groups is 1. The fraction of sp³-hybridized carbons (Fsp3) is 0.200. The molecule has 0 unspecified atom stereocenters. The minimum Gasteiger partial charge on any atom is -0.318 e. The van der Waals surface area contributed by atoms with Crippen molar-refractivity contribution < 1.29 is 21.6 Å². The van der Waals surface area contributed by atoms with Crippen molar-refractivity contribution in [2.45, 2.75) is 29.7 Å². The number of hydrogen-bond donors (Lipinski definition) is 1. The Morgan fingerprint density at radius 3 is 2.00 bits per heavy atom. The van der Waals surface area contributed by atoms with Crippen LogP contribution in [0.2, 0.25) is 10.0 Å². The highest BCUT2D eigenvalue weighted by Gasteiger charge is 2.43. The smallest absolute Gasteiger partial charge is 0.259 e. The zero-order valence-corrected chi connectivity index (χ0v) is 26.9. The van der Waals surface area contributed by atoms with E-state index in [4.69, 9.17) is 23.2 Å². The first-order chi connectivity index (χ1) is 20.9. The SMILES string of the molecule is Cc1cc(/C=N\NC(=O)[C@H]2CN(S(=O)(=O)c3ccccc3)CCN2S(=O)(=O)c2ccccc2)c(C)n1-c1cc(Cl)cc(Cl)c1. The molecule has 1 aliphatic rings. The molecular formula is C30H29Cl2N5O5S2. The van der Waals surface area contributed by atoms with Gasteiger partial charge in [-0.2, -0.15) is 13.7 Å². The van der Waals surface area contributed by atoms with E-state index in [2.05, 4.69) is 10.5 Å². The molecule has 44 heavy (non-hydrogen) atoms. The first kappa shape index (κ1) is 31.9. The summed E-state index contributed by atoms with van der Waals surface area (Å²) in [5.74, 6) is -0.774. The molecule has 1 aromatic heterocycles. The molecule has 1 saturated heterocycles. The summed E-state index contributed by atoms with van der Waals surface area (Å²) in [5, 5.41) is 5.08. The van der Waals surface area contributed by atoms with E-state index in [-0.39, 0.29) is 22.9 Å². The van der Waals surface area contributed by atoms with E-state index < -0.39 is 38.5 Å². The number of aromatic nitrogens is 1. The molecule has 0 radical (unpaired) electrons. The number of rotatable bonds is 8. The van der Waals surface area contributed by atoms with Gasteiger partial charge in [-0.3, -0.25) is 4.79 Å². The van der Waals surface area contributed by atoms with E-state index in [1.165, 1.54) is 30.5 Å². The molecular weight excluding hydrogens is 645 g/mol. The Morgan fingerprint density at radius 1 is 0.841 bits per heavy atom. The number of sulfonamides is 2. The van der Waals surface area contributed by atoms with Gasteiger partial charge in [0.25, 0.3) is 5.91 Å². The third-order valence-electron chi connectivity index (χ3n) is 7.28. The number of aryl methyl sites for hydroxylation is 1. The minimum absolute atomic E-state index is 0.00535. The summed E-state index contributed by atoms with van der Waals surface area (Å²) in [5.41, 5.74) is 5.53. The molecule has 10 nitrogen and oxygen atoms in total. The molecule has 1 atom stereocenters. The van der Waals surface area contributed by atoms with Gasteiger partial charge in [0.15, 0.2) is 0 Å². The van der Waals surface area contributed by atoms with Gasteiger partial charge < -0.3 is 4.57 Å².